The van der Waals surface area contributed by atoms with Crippen LogP contribution in [0.4, 0.5) is 8.78 Å². The fourth-order valence-electron chi connectivity index (χ4n) is 1.81. The van der Waals surface area contributed by atoms with Crippen molar-refractivity contribution in [1.29, 1.82) is 0 Å². The lowest BCUT2D eigenvalue weighted by molar-refractivity contribution is -0.118. The molecule has 0 aliphatic carbocycles. The standard InChI is InChI=1S/C14H19F2NO/c1-3-17(4-2)9-8-11(18)10-12-13(15)6-5-7-14(12)16/h5-7H,3-4,8-10H2,1-2H3. The van der Waals surface area contributed by atoms with Crippen LogP contribution in [-0.2, 0) is 11.2 Å². The molecular formula is C14H19F2NO. The van der Waals surface area contributed by atoms with Gasteiger partial charge in [-0.3, -0.25) is 4.79 Å². The smallest absolute Gasteiger partial charge is 0.138 e. The van der Waals surface area contributed by atoms with Gasteiger partial charge in [-0.05, 0) is 25.2 Å². The highest BCUT2D eigenvalue weighted by atomic mass is 19.1. The van der Waals surface area contributed by atoms with Gasteiger partial charge in [0.15, 0.2) is 0 Å². The monoisotopic (exact) mass is 255 g/mol. The Morgan fingerprint density at radius 2 is 1.72 bits per heavy atom. The van der Waals surface area contributed by atoms with Gasteiger partial charge in [0.1, 0.15) is 17.4 Å². The third kappa shape index (κ3) is 4.18. The summed E-state index contributed by atoms with van der Waals surface area (Å²) in [6, 6.07) is 3.65. The first-order chi connectivity index (χ1) is 8.58. The number of hydrogen-bond donors (Lipinski definition) is 0. The average molecular weight is 255 g/mol. The molecule has 0 unspecified atom stereocenters. The zero-order valence-corrected chi connectivity index (χ0v) is 10.9. The van der Waals surface area contributed by atoms with Gasteiger partial charge in [-0.1, -0.05) is 19.9 Å². The largest absolute Gasteiger partial charge is 0.303 e. The minimum Gasteiger partial charge on any atom is -0.303 e. The van der Waals surface area contributed by atoms with Gasteiger partial charge in [-0.25, -0.2) is 8.78 Å². The molecule has 0 N–H and O–H groups in total. The molecule has 0 saturated heterocycles. The fraction of sp³-hybridized carbons (Fsp3) is 0.500. The Bertz CT molecular complexity index is 383. The van der Waals surface area contributed by atoms with E-state index in [1.165, 1.54) is 18.2 Å². The summed E-state index contributed by atoms with van der Waals surface area (Å²) in [4.78, 5) is 13.8. The number of hydrogen-bond acceptors (Lipinski definition) is 2. The van der Waals surface area contributed by atoms with Crippen LogP contribution in [0.2, 0.25) is 0 Å². The highest BCUT2D eigenvalue weighted by molar-refractivity contribution is 5.81. The summed E-state index contributed by atoms with van der Waals surface area (Å²) in [5.74, 6) is -1.43. The van der Waals surface area contributed by atoms with E-state index < -0.39 is 11.6 Å². The zero-order valence-electron chi connectivity index (χ0n) is 10.9. The molecular weight excluding hydrogens is 236 g/mol. The van der Waals surface area contributed by atoms with Gasteiger partial charge in [0.05, 0.1) is 0 Å². The van der Waals surface area contributed by atoms with E-state index in [1.807, 2.05) is 13.8 Å². The number of carbonyl (C=O) groups excluding carboxylic acids is 1. The number of nitrogens with zero attached hydrogens (tertiary/aromatic N) is 1. The van der Waals surface area contributed by atoms with E-state index in [2.05, 4.69) is 4.90 Å². The second-order valence-electron chi connectivity index (χ2n) is 4.19. The molecule has 18 heavy (non-hydrogen) atoms. The third-order valence-electron chi connectivity index (χ3n) is 3.04. The number of Topliss-reactive ketones (excluding diaryl/α,β-unsaturated/α-hetero) is 1. The van der Waals surface area contributed by atoms with Crippen LogP contribution in [-0.4, -0.2) is 30.3 Å². The minimum absolute atomic E-state index is 0.123. The molecule has 0 aromatic heterocycles. The van der Waals surface area contributed by atoms with E-state index in [0.29, 0.717) is 13.0 Å². The number of benzene rings is 1. The van der Waals surface area contributed by atoms with E-state index in [0.717, 1.165) is 13.1 Å². The molecule has 0 fully saturated rings. The predicted molar refractivity (Wildman–Crippen MR) is 67.5 cm³/mol. The van der Waals surface area contributed by atoms with Crippen molar-refractivity contribution < 1.29 is 13.6 Å². The topological polar surface area (TPSA) is 20.3 Å². The van der Waals surface area contributed by atoms with Crippen molar-refractivity contribution in [2.75, 3.05) is 19.6 Å². The van der Waals surface area contributed by atoms with Crippen molar-refractivity contribution in [2.45, 2.75) is 26.7 Å². The molecule has 0 radical (unpaired) electrons. The molecule has 1 rings (SSSR count). The van der Waals surface area contributed by atoms with Gasteiger partial charge < -0.3 is 4.90 Å². The van der Waals surface area contributed by atoms with Gasteiger partial charge in [0.25, 0.3) is 0 Å². The van der Waals surface area contributed by atoms with E-state index in [9.17, 15) is 13.6 Å². The number of ketones is 1. The van der Waals surface area contributed by atoms with Crippen LogP contribution in [0, 0.1) is 11.6 Å². The Labute approximate surface area is 107 Å². The summed E-state index contributed by atoms with van der Waals surface area (Å²) in [7, 11) is 0. The molecule has 0 spiro atoms. The maximum atomic E-state index is 13.3. The van der Waals surface area contributed by atoms with E-state index in [1.54, 1.807) is 0 Å². The lowest BCUT2D eigenvalue weighted by Crippen LogP contribution is -2.26. The fourth-order valence-corrected chi connectivity index (χ4v) is 1.81. The summed E-state index contributed by atoms with van der Waals surface area (Å²) in [5.41, 5.74) is -0.123. The molecule has 0 amide bonds. The molecule has 1 aromatic carbocycles. The van der Waals surface area contributed by atoms with Crippen LogP contribution >= 0.6 is 0 Å². The molecule has 1 aromatic rings. The van der Waals surface area contributed by atoms with Crippen LogP contribution in [0.15, 0.2) is 18.2 Å². The summed E-state index contributed by atoms with van der Waals surface area (Å²) < 4.78 is 26.7. The number of carbonyl (C=O) groups is 1. The highest BCUT2D eigenvalue weighted by Gasteiger charge is 2.13. The molecule has 100 valence electrons. The Kier molecular flexibility index (Phi) is 5.92. The third-order valence-corrected chi connectivity index (χ3v) is 3.04. The van der Waals surface area contributed by atoms with Gasteiger partial charge in [0.2, 0.25) is 0 Å². The van der Waals surface area contributed by atoms with Crippen LogP contribution in [0.3, 0.4) is 0 Å². The van der Waals surface area contributed by atoms with E-state index >= 15 is 0 Å². The summed E-state index contributed by atoms with van der Waals surface area (Å²) in [5, 5.41) is 0. The molecule has 4 heteroatoms. The maximum Gasteiger partial charge on any atom is 0.138 e. The van der Waals surface area contributed by atoms with Crippen LogP contribution in [0.25, 0.3) is 0 Å². The second-order valence-corrected chi connectivity index (χ2v) is 4.19. The minimum atomic E-state index is -0.647. The molecule has 0 heterocycles. The zero-order chi connectivity index (χ0) is 13.5. The Morgan fingerprint density at radius 3 is 2.22 bits per heavy atom. The van der Waals surface area contributed by atoms with Crippen LogP contribution < -0.4 is 0 Å². The van der Waals surface area contributed by atoms with Crippen LogP contribution in [0.1, 0.15) is 25.8 Å². The first-order valence-electron chi connectivity index (χ1n) is 6.25. The van der Waals surface area contributed by atoms with E-state index in [4.69, 9.17) is 0 Å². The molecule has 0 saturated carbocycles. The summed E-state index contributed by atoms with van der Waals surface area (Å²) in [6.07, 6.45) is 0.162. The van der Waals surface area contributed by atoms with Gasteiger partial charge in [-0.2, -0.15) is 0 Å². The van der Waals surface area contributed by atoms with Gasteiger partial charge in [-0.15, -0.1) is 0 Å². The Hall–Kier alpha value is -1.29. The predicted octanol–water partition coefficient (Wildman–Crippen LogP) is 2.81. The first-order valence-corrected chi connectivity index (χ1v) is 6.25. The second kappa shape index (κ2) is 7.21. The highest BCUT2D eigenvalue weighted by Crippen LogP contribution is 2.13. The van der Waals surface area contributed by atoms with Crippen molar-refractivity contribution in [2.24, 2.45) is 0 Å². The van der Waals surface area contributed by atoms with Gasteiger partial charge in [0, 0.05) is 24.9 Å². The van der Waals surface area contributed by atoms with Crippen molar-refractivity contribution in [3.63, 3.8) is 0 Å². The quantitative estimate of drug-likeness (QED) is 0.746. The van der Waals surface area contributed by atoms with Gasteiger partial charge >= 0.3 is 0 Å². The molecule has 2 nitrogen and oxygen atoms in total. The molecule has 0 aliphatic rings. The Balaban J connectivity index is 2.55. The summed E-state index contributed by atoms with van der Waals surface area (Å²) in [6.45, 7) is 6.42. The van der Waals surface area contributed by atoms with Crippen molar-refractivity contribution in [3.05, 3.63) is 35.4 Å². The Morgan fingerprint density at radius 1 is 1.17 bits per heavy atom. The average Bonchev–Trinajstić information content (AvgIpc) is 2.35. The lowest BCUT2D eigenvalue weighted by Gasteiger charge is -2.17. The molecule has 0 bridgehead atoms. The molecule has 0 atom stereocenters. The molecule has 0 aliphatic heterocycles. The first kappa shape index (κ1) is 14.8. The summed E-state index contributed by atoms with van der Waals surface area (Å²) >= 11 is 0. The number of rotatable bonds is 7. The normalized spacial score (nSPS) is 10.9. The number of halogens is 2. The van der Waals surface area contributed by atoms with Crippen LogP contribution in [0.5, 0.6) is 0 Å². The van der Waals surface area contributed by atoms with E-state index in [-0.39, 0.29) is 17.8 Å². The van der Waals surface area contributed by atoms with Crippen molar-refractivity contribution in [3.8, 4) is 0 Å². The lowest BCUT2D eigenvalue weighted by atomic mass is 10.1. The van der Waals surface area contributed by atoms with Crippen molar-refractivity contribution >= 4 is 5.78 Å². The maximum absolute atomic E-state index is 13.3. The SMILES string of the molecule is CCN(CC)CCC(=O)Cc1c(F)cccc1F. The van der Waals surface area contributed by atoms with Crippen molar-refractivity contribution in [1.82, 2.24) is 4.90 Å².